The van der Waals surface area contributed by atoms with E-state index in [-0.39, 0.29) is 11.5 Å². The summed E-state index contributed by atoms with van der Waals surface area (Å²) in [7, 11) is 1.60. The number of benzene rings is 1. The van der Waals surface area contributed by atoms with Crippen molar-refractivity contribution in [3.8, 4) is 0 Å². The summed E-state index contributed by atoms with van der Waals surface area (Å²) in [5.41, 5.74) is 0.531. The second-order valence-electron chi connectivity index (χ2n) is 4.13. The summed E-state index contributed by atoms with van der Waals surface area (Å²) in [5, 5.41) is 6.19. The number of amides is 1. The highest BCUT2D eigenvalue weighted by Crippen LogP contribution is 2.05. The van der Waals surface area contributed by atoms with Gasteiger partial charge in [-0.15, -0.1) is 0 Å². The Bertz CT molecular complexity index is 636. The normalized spacial score (nSPS) is 10.6. The van der Waals surface area contributed by atoms with Gasteiger partial charge in [0, 0.05) is 20.0 Å². The topological polar surface area (TPSA) is 86.9 Å². The van der Waals surface area contributed by atoms with Gasteiger partial charge in [0.05, 0.1) is 17.4 Å². The Morgan fingerprint density at radius 2 is 2.16 bits per heavy atom. The summed E-state index contributed by atoms with van der Waals surface area (Å²) in [6.45, 7) is 0.966. The first-order chi connectivity index (χ1) is 9.20. The van der Waals surface area contributed by atoms with Crippen LogP contribution in [0.4, 0.5) is 0 Å². The largest absolute Gasteiger partial charge is 0.359 e. The van der Waals surface area contributed by atoms with E-state index in [0.717, 1.165) is 0 Å². The first-order valence-corrected chi connectivity index (χ1v) is 6.10. The molecular formula is C13H16N4O2. The van der Waals surface area contributed by atoms with Gasteiger partial charge in [0.15, 0.2) is 0 Å². The molecule has 0 bridgehead atoms. The van der Waals surface area contributed by atoms with E-state index in [0.29, 0.717) is 36.2 Å². The fourth-order valence-corrected chi connectivity index (χ4v) is 1.75. The van der Waals surface area contributed by atoms with Crippen LogP contribution < -0.4 is 16.2 Å². The summed E-state index contributed by atoms with van der Waals surface area (Å²) in [6, 6.07) is 7.20. The van der Waals surface area contributed by atoms with Crippen LogP contribution >= 0.6 is 0 Å². The van der Waals surface area contributed by atoms with Gasteiger partial charge in [-0.1, -0.05) is 12.1 Å². The van der Waals surface area contributed by atoms with Gasteiger partial charge in [-0.05, 0) is 12.1 Å². The van der Waals surface area contributed by atoms with Gasteiger partial charge in [0.2, 0.25) is 5.91 Å². The molecule has 19 heavy (non-hydrogen) atoms. The highest BCUT2D eigenvalue weighted by Gasteiger charge is 2.03. The third kappa shape index (κ3) is 3.38. The van der Waals surface area contributed by atoms with Crippen molar-refractivity contribution >= 4 is 16.8 Å². The molecule has 2 aromatic rings. The molecule has 0 radical (unpaired) electrons. The Labute approximate surface area is 110 Å². The molecule has 1 heterocycles. The number of nitrogens with zero attached hydrogens (tertiary/aromatic N) is 1. The molecule has 0 saturated carbocycles. The number of aromatic nitrogens is 2. The van der Waals surface area contributed by atoms with Gasteiger partial charge in [-0.3, -0.25) is 9.59 Å². The van der Waals surface area contributed by atoms with E-state index < -0.39 is 0 Å². The zero-order valence-corrected chi connectivity index (χ0v) is 10.7. The van der Waals surface area contributed by atoms with Crippen LogP contribution in [0.1, 0.15) is 12.2 Å². The van der Waals surface area contributed by atoms with E-state index in [1.54, 1.807) is 25.2 Å². The molecule has 1 aromatic carbocycles. The maximum absolute atomic E-state index is 11.8. The predicted molar refractivity (Wildman–Crippen MR) is 72.8 cm³/mol. The molecule has 6 nitrogen and oxygen atoms in total. The number of fused-ring (bicyclic) bond motifs is 1. The molecule has 0 fully saturated rings. The molecule has 0 atom stereocenters. The molecular weight excluding hydrogens is 244 g/mol. The Kier molecular flexibility index (Phi) is 4.25. The minimum atomic E-state index is -0.145. The molecule has 0 spiro atoms. The summed E-state index contributed by atoms with van der Waals surface area (Å²) in [6.07, 6.45) is 0.397. The SMILES string of the molecule is CNC(=O)CCNCc1nc2ccccc2c(=O)[nH]1. The number of aromatic amines is 1. The lowest BCUT2D eigenvalue weighted by Gasteiger charge is -2.05. The van der Waals surface area contributed by atoms with Gasteiger partial charge in [-0.25, -0.2) is 4.98 Å². The Balaban J connectivity index is 2.02. The number of H-pyrrole nitrogens is 1. The molecule has 1 amide bonds. The van der Waals surface area contributed by atoms with Crippen LogP contribution in [-0.4, -0.2) is 29.5 Å². The van der Waals surface area contributed by atoms with Gasteiger partial charge in [-0.2, -0.15) is 0 Å². The average molecular weight is 260 g/mol. The zero-order chi connectivity index (χ0) is 13.7. The molecule has 3 N–H and O–H groups in total. The number of carbonyl (C=O) groups is 1. The monoisotopic (exact) mass is 260 g/mol. The standard InChI is InChI=1S/C13H16N4O2/c1-14-12(18)6-7-15-8-11-16-10-5-3-2-4-9(10)13(19)17-11/h2-5,15H,6-8H2,1H3,(H,14,18)(H,16,17,19). The zero-order valence-electron chi connectivity index (χ0n) is 10.7. The Morgan fingerprint density at radius 1 is 1.37 bits per heavy atom. The van der Waals surface area contributed by atoms with E-state index >= 15 is 0 Å². The lowest BCUT2D eigenvalue weighted by Crippen LogP contribution is -2.25. The highest BCUT2D eigenvalue weighted by atomic mass is 16.1. The van der Waals surface area contributed by atoms with Gasteiger partial charge in [0.1, 0.15) is 5.82 Å². The Morgan fingerprint density at radius 3 is 2.95 bits per heavy atom. The van der Waals surface area contributed by atoms with Crippen LogP contribution in [-0.2, 0) is 11.3 Å². The number of para-hydroxylation sites is 1. The molecule has 0 saturated heterocycles. The van der Waals surface area contributed by atoms with Gasteiger partial charge in [0.25, 0.3) is 5.56 Å². The molecule has 0 unspecified atom stereocenters. The molecule has 0 aliphatic rings. The maximum atomic E-state index is 11.8. The molecule has 2 rings (SSSR count). The van der Waals surface area contributed by atoms with Crippen molar-refractivity contribution in [1.82, 2.24) is 20.6 Å². The van der Waals surface area contributed by atoms with Crippen molar-refractivity contribution < 1.29 is 4.79 Å². The second kappa shape index (κ2) is 6.10. The van der Waals surface area contributed by atoms with Crippen LogP contribution in [0, 0.1) is 0 Å². The fourth-order valence-electron chi connectivity index (χ4n) is 1.75. The maximum Gasteiger partial charge on any atom is 0.258 e. The van der Waals surface area contributed by atoms with E-state index in [4.69, 9.17) is 0 Å². The highest BCUT2D eigenvalue weighted by molar-refractivity contribution is 5.77. The lowest BCUT2D eigenvalue weighted by molar-refractivity contribution is -0.120. The van der Waals surface area contributed by atoms with Crippen molar-refractivity contribution in [3.63, 3.8) is 0 Å². The van der Waals surface area contributed by atoms with Crippen molar-refractivity contribution in [3.05, 3.63) is 40.4 Å². The van der Waals surface area contributed by atoms with Crippen LogP contribution in [0.2, 0.25) is 0 Å². The van der Waals surface area contributed by atoms with E-state index in [1.807, 2.05) is 6.07 Å². The lowest BCUT2D eigenvalue weighted by atomic mass is 10.2. The quantitative estimate of drug-likeness (QED) is 0.668. The number of rotatable bonds is 5. The summed E-state index contributed by atoms with van der Waals surface area (Å²) in [4.78, 5) is 29.9. The average Bonchev–Trinajstić information content (AvgIpc) is 2.43. The number of hydrogen-bond acceptors (Lipinski definition) is 4. The van der Waals surface area contributed by atoms with Crippen LogP contribution in [0.15, 0.2) is 29.1 Å². The Hall–Kier alpha value is -2.21. The summed E-state index contributed by atoms with van der Waals surface area (Å²) >= 11 is 0. The third-order valence-electron chi connectivity index (χ3n) is 2.76. The first kappa shape index (κ1) is 13.2. The van der Waals surface area contributed by atoms with Gasteiger partial charge >= 0.3 is 0 Å². The van der Waals surface area contributed by atoms with E-state index in [2.05, 4.69) is 20.6 Å². The molecule has 0 aliphatic carbocycles. The molecule has 1 aromatic heterocycles. The third-order valence-corrected chi connectivity index (χ3v) is 2.76. The van der Waals surface area contributed by atoms with Crippen molar-refractivity contribution in [2.24, 2.45) is 0 Å². The molecule has 100 valence electrons. The van der Waals surface area contributed by atoms with Crippen molar-refractivity contribution in [2.75, 3.05) is 13.6 Å². The van der Waals surface area contributed by atoms with Crippen molar-refractivity contribution in [1.29, 1.82) is 0 Å². The van der Waals surface area contributed by atoms with Crippen molar-refractivity contribution in [2.45, 2.75) is 13.0 Å². The van der Waals surface area contributed by atoms with E-state index in [9.17, 15) is 9.59 Å². The van der Waals surface area contributed by atoms with Crippen LogP contribution in [0.25, 0.3) is 10.9 Å². The second-order valence-corrected chi connectivity index (χ2v) is 4.13. The summed E-state index contributed by atoms with van der Waals surface area (Å²) < 4.78 is 0. The molecule has 6 heteroatoms. The van der Waals surface area contributed by atoms with Gasteiger partial charge < -0.3 is 15.6 Å². The summed E-state index contributed by atoms with van der Waals surface area (Å²) in [5.74, 6) is 0.549. The van der Waals surface area contributed by atoms with E-state index in [1.165, 1.54) is 0 Å². The minimum Gasteiger partial charge on any atom is -0.359 e. The smallest absolute Gasteiger partial charge is 0.258 e. The van der Waals surface area contributed by atoms with Crippen LogP contribution in [0.5, 0.6) is 0 Å². The number of hydrogen-bond donors (Lipinski definition) is 3. The van der Waals surface area contributed by atoms with Crippen LogP contribution in [0.3, 0.4) is 0 Å². The number of carbonyl (C=O) groups excluding carboxylic acids is 1. The molecule has 0 aliphatic heterocycles. The number of nitrogens with one attached hydrogen (secondary N) is 3. The minimum absolute atomic E-state index is 0.0209. The first-order valence-electron chi connectivity index (χ1n) is 6.10. The predicted octanol–water partition coefficient (Wildman–Crippen LogP) is 0.149. The fraction of sp³-hybridized carbons (Fsp3) is 0.308.